The van der Waals surface area contributed by atoms with Crippen LogP contribution in [-0.2, 0) is 9.47 Å². The van der Waals surface area contributed by atoms with Gasteiger partial charge >= 0.3 is 12.1 Å². The number of carboxylic acid groups (broad SMARTS) is 1. The van der Waals surface area contributed by atoms with E-state index in [4.69, 9.17) is 26.2 Å². The molecular formula is C24H39ClN4O5. The molecule has 1 aliphatic rings. The third kappa shape index (κ3) is 10.5. The summed E-state index contributed by atoms with van der Waals surface area (Å²) in [6.45, 7) is 5.68. The van der Waals surface area contributed by atoms with Crippen molar-refractivity contribution in [1.82, 2.24) is 20.9 Å². The Kier molecular flexibility index (Phi) is 13.1. The summed E-state index contributed by atoms with van der Waals surface area (Å²) < 4.78 is 11.6. The summed E-state index contributed by atoms with van der Waals surface area (Å²) in [6, 6.07) is 7.33. The second-order valence-corrected chi connectivity index (χ2v) is 8.97. The average molecular weight is 499 g/mol. The summed E-state index contributed by atoms with van der Waals surface area (Å²) in [5, 5.41) is 18.0. The van der Waals surface area contributed by atoms with Crippen LogP contribution in [0.25, 0.3) is 0 Å². The number of hydrogen-bond donors (Lipinski definition) is 4. The topological polar surface area (TPSA) is 112 Å². The minimum atomic E-state index is -1.09. The first-order chi connectivity index (χ1) is 16.4. The fraction of sp³-hybridized carbons (Fsp3) is 0.667. The molecule has 192 valence electrons. The Balaban J connectivity index is 1.95. The molecule has 4 N–H and O–H groups in total. The molecule has 34 heavy (non-hydrogen) atoms. The van der Waals surface area contributed by atoms with Gasteiger partial charge in [0, 0.05) is 50.5 Å². The maximum atomic E-state index is 13.1. The smallest absolute Gasteiger partial charge is 0.404 e. The van der Waals surface area contributed by atoms with Crippen LogP contribution >= 0.6 is 11.6 Å². The predicted octanol–water partition coefficient (Wildman–Crippen LogP) is 3.49. The van der Waals surface area contributed by atoms with Crippen molar-refractivity contribution >= 4 is 23.7 Å². The van der Waals surface area contributed by atoms with Gasteiger partial charge in [-0.05, 0) is 63.3 Å². The molecule has 1 saturated heterocycles. The van der Waals surface area contributed by atoms with Gasteiger partial charge in [-0.3, -0.25) is 0 Å². The van der Waals surface area contributed by atoms with E-state index in [9.17, 15) is 9.59 Å². The molecule has 0 spiro atoms. The van der Waals surface area contributed by atoms with Crippen molar-refractivity contribution in [2.24, 2.45) is 5.92 Å². The number of nitrogens with one attached hydrogen (secondary N) is 3. The number of carbonyl (C=O) groups is 2. The van der Waals surface area contributed by atoms with Crippen molar-refractivity contribution in [3.63, 3.8) is 0 Å². The molecule has 2 rings (SSSR count). The number of carbonyl (C=O) groups excluding carboxylic acids is 1. The zero-order chi connectivity index (χ0) is 24.8. The van der Waals surface area contributed by atoms with E-state index in [0.717, 1.165) is 38.0 Å². The molecule has 0 aliphatic carbocycles. The number of rotatable bonds is 14. The monoisotopic (exact) mass is 498 g/mol. The zero-order valence-electron chi connectivity index (χ0n) is 20.2. The van der Waals surface area contributed by atoms with Crippen molar-refractivity contribution in [2.75, 3.05) is 53.0 Å². The molecule has 1 aromatic carbocycles. The van der Waals surface area contributed by atoms with E-state index in [1.165, 1.54) is 0 Å². The Morgan fingerprint density at radius 3 is 2.85 bits per heavy atom. The zero-order valence-corrected chi connectivity index (χ0v) is 21.0. The summed E-state index contributed by atoms with van der Waals surface area (Å²) in [6.07, 6.45) is 2.23. The van der Waals surface area contributed by atoms with E-state index in [2.05, 4.69) is 16.0 Å². The van der Waals surface area contributed by atoms with Gasteiger partial charge in [0.05, 0.1) is 12.7 Å². The molecule has 1 aliphatic heterocycles. The van der Waals surface area contributed by atoms with Crippen LogP contribution in [0.15, 0.2) is 24.3 Å². The Labute approximate surface area is 207 Å². The number of benzene rings is 1. The molecule has 0 unspecified atom stereocenters. The van der Waals surface area contributed by atoms with E-state index in [1.54, 1.807) is 11.0 Å². The van der Waals surface area contributed by atoms with Crippen LogP contribution in [0.1, 0.15) is 44.3 Å². The maximum absolute atomic E-state index is 13.1. The summed E-state index contributed by atoms with van der Waals surface area (Å²) >= 11 is 6.16. The lowest BCUT2D eigenvalue weighted by Crippen LogP contribution is -2.49. The Bertz CT molecular complexity index is 748. The lowest BCUT2D eigenvalue weighted by Gasteiger charge is -2.30. The summed E-state index contributed by atoms with van der Waals surface area (Å²) in [5.74, 6) is 0.461. The van der Waals surface area contributed by atoms with Crippen LogP contribution in [0, 0.1) is 5.92 Å². The molecule has 10 heteroatoms. The van der Waals surface area contributed by atoms with Crippen LogP contribution in [0.5, 0.6) is 0 Å². The van der Waals surface area contributed by atoms with Crippen molar-refractivity contribution in [1.29, 1.82) is 0 Å². The van der Waals surface area contributed by atoms with E-state index in [1.807, 2.05) is 32.2 Å². The predicted molar refractivity (Wildman–Crippen MR) is 132 cm³/mol. The van der Waals surface area contributed by atoms with Crippen molar-refractivity contribution < 1.29 is 24.2 Å². The lowest BCUT2D eigenvalue weighted by atomic mass is 9.94. The minimum Gasteiger partial charge on any atom is -0.465 e. The number of urea groups is 1. The van der Waals surface area contributed by atoms with Crippen LogP contribution in [-0.4, -0.2) is 81.2 Å². The van der Waals surface area contributed by atoms with Gasteiger partial charge in [0.15, 0.2) is 0 Å². The third-order valence-corrected chi connectivity index (χ3v) is 6.13. The normalized spacial score (nSPS) is 17.6. The summed E-state index contributed by atoms with van der Waals surface area (Å²) in [4.78, 5) is 25.5. The van der Waals surface area contributed by atoms with Crippen LogP contribution in [0.4, 0.5) is 9.59 Å². The number of nitrogens with zero attached hydrogens (tertiary/aromatic N) is 1. The molecule has 1 heterocycles. The summed E-state index contributed by atoms with van der Waals surface area (Å²) in [7, 11) is 1.89. The SMILES string of the molecule is CCN(CC[C@H](OCCNC(=O)O)c1cccc(Cl)c1)C(=O)N[C@H](CNC)C[C@H]1CCCOC1. The number of likely N-dealkylation sites (N-methyl/N-ethyl adjacent to an activating group) is 1. The Hall–Kier alpha value is -2.07. The highest BCUT2D eigenvalue weighted by Crippen LogP contribution is 2.24. The highest BCUT2D eigenvalue weighted by Gasteiger charge is 2.23. The first-order valence-electron chi connectivity index (χ1n) is 12.0. The van der Waals surface area contributed by atoms with Gasteiger partial charge in [-0.1, -0.05) is 23.7 Å². The van der Waals surface area contributed by atoms with Crippen LogP contribution < -0.4 is 16.0 Å². The summed E-state index contributed by atoms with van der Waals surface area (Å²) in [5.41, 5.74) is 0.893. The van der Waals surface area contributed by atoms with Gasteiger partial charge in [0.25, 0.3) is 0 Å². The quantitative estimate of drug-likeness (QED) is 0.292. The number of ether oxygens (including phenoxy) is 2. The van der Waals surface area contributed by atoms with Gasteiger partial charge in [0.1, 0.15) is 0 Å². The molecule has 1 aromatic rings. The molecule has 3 atom stereocenters. The van der Waals surface area contributed by atoms with Gasteiger partial charge < -0.3 is 35.4 Å². The van der Waals surface area contributed by atoms with Crippen molar-refractivity contribution in [2.45, 2.75) is 44.8 Å². The third-order valence-electron chi connectivity index (χ3n) is 5.90. The average Bonchev–Trinajstić information content (AvgIpc) is 2.81. The number of hydrogen-bond acceptors (Lipinski definition) is 5. The van der Waals surface area contributed by atoms with Gasteiger partial charge in [-0.2, -0.15) is 0 Å². The molecule has 1 fully saturated rings. The fourth-order valence-corrected chi connectivity index (χ4v) is 4.39. The van der Waals surface area contributed by atoms with Crippen molar-refractivity contribution in [3.05, 3.63) is 34.9 Å². The highest BCUT2D eigenvalue weighted by atomic mass is 35.5. The highest BCUT2D eigenvalue weighted by molar-refractivity contribution is 6.30. The minimum absolute atomic E-state index is 0.0281. The molecule has 3 amide bonds. The fourth-order valence-electron chi connectivity index (χ4n) is 4.19. The second kappa shape index (κ2) is 15.8. The lowest BCUT2D eigenvalue weighted by molar-refractivity contribution is 0.0424. The van der Waals surface area contributed by atoms with E-state index in [-0.39, 0.29) is 31.3 Å². The molecule has 9 nitrogen and oxygen atoms in total. The van der Waals surface area contributed by atoms with Crippen LogP contribution in [0.2, 0.25) is 5.02 Å². The molecule has 0 radical (unpaired) electrons. The standard InChI is InChI=1S/C24H39ClN4O5/c1-3-29(23(30)28-21(16-26-2)14-18-6-5-12-33-17-18)11-9-22(34-13-10-27-24(31)32)19-7-4-8-20(25)15-19/h4,7-8,15,18,21-22,26-27H,3,5-6,9-14,16-17H2,1-2H3,(H,28,30)(H,31,32)/t18-,21+,22+/m1/s1. The van der Waals surface area contributed by atoms with Crippen LogP contribution in [0.3, 0.4) is 0 Å². The first kappa shape index (κ1) is 28.2. The second-order valence-electron chi connectivity index (χ2n) is 8.54. The van der Waals surface area contributed by atoms with Crippen molar-refractivity contribution in [3.8, 4) is 0 Å². The molecular weight excluding hydrogens is 460 g/mol. The van der Waals surface area contributed by atoms with Gasteiger partial charge in [-0.15, -0.1) is 0 Å². The van der Waals surface area contributed by atoms with Gasteiger partial charge in [0.2, 0.25) is 0 Å². The molecule has 0 saturated carbocycles. The number of amides is 3. The van der Waals surface area contributed by atoms with Gasteiger partial charge in [-0.25, -0.2) is 9.59 Å². The Morgan fingerprint density at radius 1 is 1.38 bits per heavy atom. The van der Waals surface area contributed by atoms with E-state index < -0.39 is 6.09 Å². The maximum Gasteiger partial charge on any atom is 0.404 e. The molecule has 0 aromatic heterocycles. The molecule has 0 bridgehead atoms. The van der Waals surface area contributed by atoms with E-state index in [0.29, 0.717) is 37.0 Å². The number of halogens is 1. The first-order valence-corrected chi connectivity index (χ1v) is 12.4. The largest absolute Gasteiger partial charge is 0.465 e. The Morgan fingerprint density at radius 2 is 2.21 bits per heavy atom. The van der Waals surface area contributed by atoms with E-state index >= 15 is 0 Å².